The van der Waals surface area contributed by atoms with Crippen LogP contribution in [0.15, 0.2) is 12.2 Å². The third-order valence-electron chi connectivity index (χ3n) is 8.40. The van der Waals surface area contributed by atoms with Crippen LogP contribution in [0.5, 0.6) is 0 Å². The SMILES string of the molecule is CCCCCCCCC=CCCCCCCCCCCCC(=O)O.CCCCCCCCCCCCCCCCC(=O)O. The van der Waals surface area contributed by atoms with Gasteiger partial charge in [-0.1, -0.05) is 187 Å². The molecule has 0 aliphatic heterocycles. The van der Waals surface area contributed by atoms with Crippen molar-refractivity contribution >= 4 is 11.9 Å². The molecule has 0 amide bonds. The average molecular weight is 609 g/mol. The number of allylic oxidation sites excluding steroid dienone is 2. The molecule has 43 heavy (non-hydrogen) atoms. The molecular weight excluding hydrogens is 532 g/mol. The predicted molar refractivity (Wildman–Crippen MR) is 188 cm³/mol. The first-order valence-corrected chi connectivity index (χ1v) is 19.1. The van der Waals surface area contributed by atoms with Gasteiger partial charge < -0.3 is 10.2 Å². The summed E-state index contributed by atoms with van der Waals surface area (Å²) < 4.78 is 0. The highest BCUT2D eigenvalue weighted by Crippen LogP contribution is 2.14. The van der Waals surface area contributed by atoms with Gasteiger partial charge in [-0.15, -0.1) is 0 Å². The average Bonchev–Trinajstić information content (AvgIpc) is 2.98. The minimum absolute atomic E-state index is 0.340. The van der Waals surface area contributed by atoms with E-state index in [9.17, 15) is 9.59 Å². The lowest BCUT2D eigenvalue weighted by Crippen LogP contribution is -1.93. The molecule has 0 aromatic rings. The standard InChI is InChI=1S/C22H42O2.C17H34O2/c1-2-3-4-5-6-7-8-9-10-11-12-13-14-15-16-17-18-19-20-21-22(23)24;1-2-3-4-5-6-7-8-9-10-11-12-13-14-15-16-17(18)19/h9-10H,2-8,11-21H2,1H3,(H,23,24);2-16H2,1H3,(H,18,19). The lowest BCUT2D eigenvalue weighted by Gasteiger charge is -2.02. The fourth-order valence-corrected chi connectivity index (χ4v) is 5.52. The van der Waals surface area contributed by atoms with Crippen molar-refractivity contribution in [3.8, 4) is 0 Å². The summed E-state index contributed by atoms with van der Waals surface area (Å²) in [5.41, 5.74) is 0. The molecule has 0 bridgehead atoms. The van der Waals surface area contributed by atoms with Crippen LogP contribution in [0.3, 0.4) is 0 Å². The van der Waals surface area contributed by atoms with Gasteiger partial charge in [0.25, 0.3) is 0 Å². The number of carboxylic acids is 2. The van der Waals surface area contributed by atoms with Crippen LogP contribution in [-0.4, -0.2) is 22.2 Å². The maximum absolute atomic E-state index is 10.4. The molecule has 0 aromatic heterocycles. The quantitative estimate of drug-likeness (QED) is 0.0563. The summed E-state index contributed by atoms with van der Waals surface area (Å²) in [6.07, 6.45) is 45.9. The van der Waals surface area contributed by atoms with Crippen LogP contribution in [0.25, 0.3) is 0 Å². The highest BCUT2D eigenvalue weighted by Gasteiger charge is 1.98. The Bertz CT molecular complexity index is 572. The first kappa shape index (κ1) is 43.8. The van der Waals surface area contributed by atoms with E-state index >= 15 is 0 Å². The Kier molecular flexibility index (Phi) is 41.4. The molecule has 0 unspecified atom stereocenters. The second-order valence-electron chi connectivity index (χ2n) is 12.9. The molecule has 0 fully saturated rings. The topological polar surface area (TPSA) is 74.6 Å². The van der Waals surface area contributed by atoms with Crippen molar-refractivity contribution in [2.75, 3.05) is 0 Å². The van der Waals surface area contributed by atoms with Gasteiger partial charge in [0.2, 0.25) is 0 Å². The molecule has 4 heteroatoms. The van der Waals surface area contributed by atoms with Gasteiger partial charge in [0.1, 0.15) is 0 Å². The van der Waals surface area contributed by atoms with E-state index in [0.29, 0.717) is 12.8 Å². The molecule has 4 nitrogen and oxygen atoms in total. The second kappa shape index (κ2) is 40.7. The van der Waals surface area contributed by atoms with E-state index < -0.39 is 11.9 Å². The molecule has 0 radical (unpaired) electrons. The van der Waals surface area contributed by atoms with Crippen LogP contribution >= 0.6 is 0 Å². The van der Waals surface area contributed by atoms with Crippen LogP contribution in [-0.2, 0) is 9.59 Å². The number of hydrogen-bond acceptors (Lipinski definition) is 2. The fraction of sp³-hybridized carbons (Fsp3) is 0.897. The van der Waals surface area contributed by atoms with Crippen molar-refractivity contribution in [1.82, 2.24) is 0 Å². The van der Waals surface area contributed by atoms with Crippen LogP contribution < -0.4 is 0 Å². The number of aliphatic carboxylic acids is 2. The minimum Gasteiger partial charge on any atom is -0.481 e. The van der Waals surface area contributed by atoms with Gasteiger partial charge in [0.15, 0.2) is 0 Å². The van der Waals surface area contributed by atoms with E-state index in [0.717, 1.165) is 25.7 Å². The van der Waals surface area contributed by atoms with Crippen molar-refractivity contribution in [3.63, 3.8) is 0 Å². The van der Waals surface area contributed by atoms with Gasteiger partial charge in [0, 0.05) is 12.8 Å². The zero-order valence-electron chi connectivity index (χ0n) is 29.2. The third kappa shape index (κ3) is 47.8. The third-order valence-corrected chi connectivity index (χ3v) is 8.40. The zero-order valence-corrected chi connectivity index (χ0v) is 29.2. The van der Waals surface area contributed by atoms with E-state index in [1.807, 2.05) is 0 Å². The maximum atomic E-state index is 10.4. The lowest BCUT2D eigenvalue weighted by atomic mass is 10.0. The number of rotatable bonds is 34. The number of carboxylic acid groups (broad SMARTS) is 2. The van der Waals surface area contributed by atoms with E-state index in [4.69, 9.17) is 10.2 Å². The Balaban J connectivity index is 0. The second-order valence-corrected chi connectivity index (χ2v) is 12.9. The summed E-state index contributed by atoms with van der Waals surface area (Å²) in [7, 11) is 0. The monoisotopic (exact) mass is 609 g/mol. The van der Waals surface area contributed by atoms with Crippen LogP contribution in [0.2, 0.25) is 0 Å². The van der Waals surface area contributed by atoms with Gasteiger partial charge in [-0.05, 0) is 38.5 Å². The molecule has 0 aliphatic rings. The molecule has 0 rings (SSSR count). The Morgan fingerprint density at radius 2 is 0.558 bits per heavy atom. The summed E-state index contributed by atoms with van der Waals surface area (Å²) in [5, 5.41) is 17.1. The van der Waals surface area contributed by atoms with Crippen molar-refractivity contribution in [3.05, 3.63) is 12.2 Å². The first-order valence-electron chi connectivity index (χ1n) is 19.1. The predicted octanol–water partition coefficient (Wildman–Crippen LogP) is 13.6. The first-order chi connectivity index (χ1) is 21.0. The van der Waals surface area contributed by atoms with Crippen molar-refractivity contribution < 1.29 is 19.8 Å². The van der Waals surface area contributed by atoms with Gasteiger partial charge >= 0.3 is 11.9 Å². The molecule has 0 saturated carbocycles. The molecule has 0 aromatic carbocycles. The Labute approximate surface area is 269 Å². The Hall–Kier alpha value is -1.32. The molecule has 0 heterocycles. The molecule has 0 atom stereocenters. The molecule has 256 valence electrons. The van der Waals surface area contributed by atoms with E-state index in [1.54, 1.807) is 0 Å². The lowest BCUT2D eigenvalue weighted by molar-refractivity contribution is -0.138. The van der Waals surface area contributed by atoms with Crippen LogP contribution in [0.1, 0.15) is 226 Å². The van der Waals surface area contributed by atoms with Crippen molar-refractivity contribution in [2.24, 2.45) is 0 Å². The summed E-state index contributed by atoms with van der Waals surface area (Å²) in [6, 6.07) is 0. The summed E-state index contributed by atoms with van der Waals surface area (Å²) in [6.45, 7) is 4.54. The molecule has 2 N–H and O–H groups in total. The number of carbonyl (C=O) groups is 2. The smallest absolute Gasteiger partial charge is 0.303 e. The Morgan fingerprint density at radius 1 is 0.349 bits per heavy atom. The fourth-order valence-electron chi connectivity index (χ4n) is 5.52. The number of unbranched alkanes of at least 4 members (excludes halogenated alkanes) is 28. The summed E-state index contributed by atoms with van der Waals surface area (Å²) in [5.74, 6) is -1.31. The molecule has 0 spiro atoms. The van der Waals surface area contributed by atoms with Crippen LogP contribution in [0.4, 0.5) is 0 Å². The van der Waals surface area contributed by atoms with Gasteiger partial charge in [0.05, 0.1) is 0 Å². The highest BCUT2D eigenvalue weighted by atomic mass is 16.4. The largest absolute Gasteiger partial charge is 0.481 e. The van der Waals surface area contributed by atoms with Gasteiger partial charge in [-0.25, -0.2) is 0 Å². The number of hydrogen-bond donors (Lipinski definition) is 2. The van der Waals surface area contributed by atoms with E-state index in [-0.39, 0.29) is 0 Å². The molecular formula is C39H76O4. The molecule has 0 aliphatic carbocycles. The van der Waals surface area contributed by atoms with Crippen molar-refractivity contribution in [2.45, 2.75) is 226 Å². The van der Waals surface area contributed by atoms with Gasteiger partial charge in [-0.2, -0.15) is 0 Å². The van der Waals surface area contributed by atoms with Crippen LogP contribution in [0, 0.1) is 0 Å². The summed E-state index contributed by atoms with van der Waals surface area (Å²) >= 11 is 0. The summed E-state index contributed by atoms with van der Waals surface area (Å²) in [4.78, 5) is 20.7. The van der Waals surface area contributed by atoms with Gasteiger partial charge in [-0.3, -0.25) is 9.59 Å². The van der Waals surface area contributed by atoms with E-state index in [1.165, 1.54) is 173 Å². The normalized spacial score (nSPS) is 11.1. The molecule has 0 saturated heterocycles. The zero-order chi connectivity index (χ0) is 31.9. The minimum atomic E-state index is -0.656. The van der Waals surface area contributed by atoms with Crippen molar-refractivity contribution in [1.29, 1.82) is 0 Å². The Morgan fingerprint density at radius 3 is 0.791 bits per heavy atom. The highest BCUT2D eigenvalue weighted by molar-refractivity contribution is 5.66. The maximum Gasteiger partial charge on any atom is 0.303 e. The van der Waals surface area contributed by atoms with E-state index in [2.05, 4.69) is 26.0 Å².